The molecule has 3 aromatic rings. The molecule has 3 rings (SSSR count). The Bertz CT molecular complexity index is 734. The van der Waals surface area contributed by atoms with Gasteiger partial charge >= 0.3 is 0 Å². The Morgan fingerprint density at radius 1 is 1.30 bits per heavy atom. The summed E-state index contributed by atoms with van der Waals surface area (Å²) in [7, 11) is 0. The van der Waals surface area contributed by atoms with Gasteiger partial charge in [0.25, 0.3) is 5.69 Å². The smallest absolute Gasteiger partial charge is 0.265 e. The van der Waals surface area contributed by atoms with Crippen LogP contribution in [0.3, 0.4) is 0 Å². The van der Waals surface area contributed by atoms with Crippen molar-refractivity contribution >= 4 is 5.69 Å². The van der Waals surface area contributed by atoms with Crippen LogP contribution in [0.4, 0.5) is 5.69 Å². The summed E-state index contributed by atoms with van der Waals surface area (Å²) >= 11 is 0. The van der Waals surface area contributed by atoms with Crippen LogP contribution in [0.1, 0.15) is 5.82 Å². The molecule has 1 N–H and O–H groups in total. The molecule has 0 atom stereocenters. The number of aromatic nitrogens is 5. The first-order valence-electron chi connectivity index (χ1n) is 5.86. The summed E-state index contributed by atoms with van der Waals surface area (Å²) in [5.41, 5.74) is 0.373. The molecule has 0 aliphatic carbocycles. The highest BCUT2D eigenvalue weighted by Gasteiger charge is 2.17. The molecule has 2 aromatic heterocycles. The molecule has 8 heteroatoms. The van der Waals surface area contributed by atoms with Crippen LogP contribution < -0.4 is 0 Å². The molecule has 8 nitrogen and oxygen atoms in total. The predicted octanol–water partition coefficient (Wildman–Crippen LogP) is 1.62. The van der Waals surface area contributed by atoms with Gasteiger partial charge in [-0.2, -0.15) is 10.2 Å². The molecule has 0 aliphatic rings. The third kappa shape index (κ3) is 2.26. The largest absolute Gasteiger partial charge is 0.280 e. The first-order valence-corrected chi connectivity index (χ1v) is 5.86. The van der Waals surface area contributed by atoms with Crippen LogP contribution >= 0.6 is 0 Å². The van der Waals surface area contributed by atoms with E-state index >= 15 is 0 Å². The van der Waals surface area contributed by atoms with E-state index in [1.165, 1.54) is 6.07 Å². The fourth-order valence-corrected chi connectivity index (χ4v) is 1.86. The zero-order chi connectivity index (χ0) is 13.9. The summed E-state index contributed by atoms with van der Waals surface area (Å²) in [5.74, 6) is 0.890. The molecule has 0 bridgehead atoms. The highest BCUT2D eigenvalue weighted by molar-refractivity contribution is 5.67. The van der Waals surface area contributed by atoms with Crippen molar-refractivity contribution in [2.75, 3.05) is 0 Å². The Balaban J connectivity index is 1.92. The van der Waals surface area contributed by atoms with Crippen molar-refractivity contribution in [1.82, 2.24) is 25.0 Å². The lowest BCUT2D eigenvalue weighted by Crippen LogP contribution is -2.01. The number of nitrogens with zero attached hydrogens (tertiary/aromatic N) is 5. The third-order valence-corrected chi connectivity index (χ3v) is 2.74. The number of hydrogen-bond donors (Lipinski definition) is 1. The number of rotatable bonds is 4. The minimum absolute atomic E-state index is 0.0165. The zero-order valence-corrected chi connectivity index (χ0v) is 10.3. The van der Waals surface area contributed by atoms with Crippen LogP contribution in [0.5, 0.6) is 0 Å². The summed E-state index contributed by atoms with van der Waals surface area (Å²) in [5, 5.41) is 21.8. The number of nitro groups is 1. The maximum absolute atomic E-state index is 11.0. The van der Waals surface area contributed by atoms with E-state index in [2.05, 4.69) is 20.3 Å². The molecular weight excluding hydrogens is 260 g/mol. The van der Waals surface area contributed by atoms with E-state index in [0.29, 0.717) is 23.8 Å². The normalized spacial score (nSPS) is 10.6. The lowest BCUT2D eigenvalue weighted by Gasteiger charge is -1.97. The maximum Gasteiger partial charge on any atom is 0.280 e. The second-order valence-corrected chi connectivity index (χ2v) is 4.08. The summed E-state index contributed by atoms with van der Waals surface area (Å²) < 4.78 is 1.68. The first kappa shape index (κ1) is 12.0. The van der Waals surface area contributed by atoms with Crippen molar-refractivity contribution in [2.24, 2.45) is 0 Å². The zero-order valence-electron chi connectivity index (χ0n) is 10.3. The first-order chi connectivity index (χ1) is 9.74. The molecule has 20 heavy (non-hydrogen) atoms. The fraction of sp³-hybridized carbons (Fsp3) is 0.0833. The van der Waals surface area contributed by atoms with Crippen molar-refractivity contribution in [2.45, 2.75) is 6.54 Å². The van der Waals surface area contributed by atoms with Crippen molar-refractivity contribution in [3.05, 3.63) is 58.7 Å². The Labute approximate surface area is 113 Å². The van der Waals surface area contributed by atoms with Gasteiger partial charge in [0.1, 0.15) is 12.4 Å². The van der Waals surface area contributed by atoms with Gasteiger partial charge in [-0.1, -0.05) is 12.1 Å². The Morgan fingerprint density at radius 2 is 2.15 bits per heavy atom. The van der Waals surface area contributed by atoms with E-state index in [1.54, 1.807) is 41.3 Å². The van der Waals surface area contributed by atoms with Crippen molar-refractivity contribution in [3.8, 4) is 11.4 Å². The van der Waals surface area contributed by atoms with Gasteiger partial charge in [-0.05, 0) is 12.1 Å². The maximum atomic E-state index is 11.0. The van der Waals surface area contributed by atoms with Crippen molar-refractivity contribution < 1.29 is 4.92 Å². The number of benzene rings is 1. The van der Waals surface area contributed by atoms with Gasteiger partial charge in [-0.3, -0.25) is 19.9 Å². The quantitative estimate of drug-likeness (QED) is 0.573. The average Bonchev–Trinajstić information content (AvgIpc) is 3.11. The molecule has 100 valence electrons. The molecule has 0 unspecified atom stereocenters. The second-order valence-electron chi connectivity index (χ2n) is 4.08. The van der Waals surface area contributed by atoms with Gasteiger partial charge in [-0.15, -0.1) is 0 Å². The molecule has 0 saturated carbocycles. The topological polar surface area (TPSA) is 103 Å². The van der Waals surface area contributed by atoms with Crippen molar-refractivity contribution in [3.63, 3.8) is 0 Å². The summed E-state index contributed by atoms with van der Waals surface area (Å²) in [4.78, 5) is 14.8. The summed E-state index contributed by atoms with van der Waals surface area (Å²) in [6.07, 6.45) is 3.46. The van der Waals surface area contributed by atoms with Crippen LogP contribution in [0, 0.1) is 10.1 Å². The van der Waals surface area contributed by atoms with Gasteiger partial charge in [0.15, 0.2) is 5.82 Å². The Morgan fingerprint density at radius 3 is 2.90 bits per heavy atom. The third-order valence-electron chi connectivity index (χ3n) is 2.74. The van der Waals surface area contributed by atoms with Gasteiger partial charge in [0.2, 0.25) is 0 Å². The van der Waals surface area contributed by atoms with E-state index in [4.69, 9.17) is 0 Å². The van der Waals surface area contributed by atoms with Crippen LogP contribution in [-0.2, 0) is 6.54 Å². The highest BCUT2D eigenvalue weighted by atomic mass is 16.6. The standard InChI is InChI=1S/C12H10N6O2/c19-18(20)10-5-2-1-4-9(10)12-14-11(15-16-12)8-17-7-3-6-13-17/h1-7H,8H2,(H,14,15,16). The van der Waals surface area contributed by atoms with E-state index in [1.807, 2.05) is 0 Å². The molecule has 1 aromatic carbocycles. The molecule has 0 saturated heterocycles. The number of hydrogen-bond acceptors (Lipinski definition) is 5. The number of H-pyrrole nitrogens is 1. The molecular formula is C12H10N6O2. The lowest BCUT2D eigenvalue weighted by molar-refractivity contribution is -0.384. The van der Waals surface area contributed by atoms with Crippen molar-refractivity contribution in [1.29, 1.82) is 0 Å². The van der Waals surface area contributed by atoms with E-state index in [-0.39, 0.29) is 5.69 Å². The van der Waals surface area contributed by atoms with Gasteiger partial charge < -0.3 is 0 Å². The minimum atomic E-state index is -0.446. The van der Waals surface area contributed by atoms with Crippen LogP contribution in [0.15, 0.2) is 42.7 Å². The summed E-state index contributed by atoms with van der Waals surface area (Å²) in [6, 6.07) is 8.18. The van der Waals surface area contributed by atoms with Crippen LogP contribution in [0.2, 0.25) is 0 Å². The lowest BCUT2D eigenvalue weighted by atomic mass is 10.2. The molecule has 0 radical (unpaired) electrons. The predicted molar refractivity (Wildman–Crippen MR) is 69.8 cm³/mol. The molecule has 0 aliphatic heterocycles. The molecule has 0 fully saturated rings. The monoisotopic (exact) mass is 270 g/mol. The minimum Gasteiger partial charge on any atom is -0.265 e. The van der Waals surface area contributed by atoms with E-state index in [9.17, 15) is 10.1 Å². The van der Waals surface area contributed by atoms with E-state index < -0.39 is 4.92 Å². The molecule has 2 heterocycles. The Kier molecular flexibility index (Phi) is 2.96. The number of nitro benzene ring substituents is 1. The molecule has 0 spiro atoms. The van der Waals surface area contributed by atoms with Gasteiger partial charge in [0, 0.05) is 18.5 Å². The number of nitrogens with one attached hydrogen (secondary N) is 1. The van der Waals surface area contributed by atoms with Gasteiger partial charge in [-0.25, -0.2) is 4.98 Å². The van der Waals surface area contributed by atoms with Gasteiger partial charge in [0.05, 0.1) is 10.5 Å². The average molecular weight is 270 g/mol. The Hall–Kier alpha value is -3.03. The SMILES string of the molecule is O=[N+]([O-])c1ccccc1-c1n[nH]c(Cn2cccn2)n1. The fourth-order valence-electron chi connectivity index (χ4n) is 1.86. The number of aromatic amines is 1. The van der Waals surface area contributed by atoms with E-state index in [0.717, 1.165) is 0 Å². The summed E-state index contributed by atoms with van der Waals surface area (Å²) in [6.45, 7) is 0.431. The van der Waals surface area contributed by atoms with Crippen LogP contribution in [0.25, 0.3) is 11.4 Å². The molecule has 0 amide bonds. The number of para-hydroxylation sites is 1. The van der Waals surface area contributed by atoms with Crippen LogP contribution in [-0.4, -0.2) is 29.9 Å². The highest BCUT2D eigenvalue weighted by Crippen LogP contribution is 2.26. The second kappa shape index (κ2) is 4.92.